The maximum Gasteiger partial charge on any atom is 0.313 e. The highest BCUT2D eigenvalue weighted by molar-refractivity contribution is 7.89. The van der Waals surface area contributed by atoms with Crippen molar-refractivity contribution in [1.29, 1.82) is 0 Å². The van der Waals surface area contributed by atoms with Crippen molar-refractivity contribution in [3.63, 3.8) is 0 Å². The van der Waals surface area contributed by atoms with Gasteiger partial charge in [0.15, 0.2) is 0 Å². The van der Waals surface area contributed by atoms with E-state index >= 15 is 0 Å². The van der Waals surface area contributed by atoms with Crippen LogP contribution in [0.15, 0.2) is 41.3 Å². The van der Waals surface area contributed by atoms with Gasteiger partial charge in [-0.15, -0.1) is 0 Å². The third-order valence-electron chi connectivity index (χ3n) is 6.13. The number of piperidine rings is 1. The second-order valence-corrected chi connectivity index (χ2v) is 10.3. The Labute approximate surface area is 194 Å². The average molecular weight is 476 g/mol. The fourth-order valence-corrected chi connectivity index (χ4v) is 5.80. The Morgan fingerprint density at radius 1 is 1.06 bits per heavy atom. The monoisotopic (exact) mass is 475 g/mol. The Bertz CT molecular complexity index is 1150. The predicted octanol–water partition coefficient (Wildman–Crippen LogP) is 3.44. The molecule has 2 amide bonds. The Morgan fingerprint density at radius 2 is 1.82 bits per heavy atom. The number of carbonyl (C=O) groups is 2. The lowest BCUT2D eigenvalue weighted by Gasteiger charge is -2.34. The van der Waals surface area contributed by atoms with Crippen LogP contribution in [0.5, 0.6) is 0 Å². The third kappa shape index (κ3) is 5.78. The van der Waals surface area contributed by atoms with E-state index in [0.29, 0.717) is 25.1 Å². The summed E-state index contributed by atoms with van der Waals surface area (Å²) in [6.07, 6.45) is 2.65. The highest BCUT2D eigenvalue weighted by atomic mass is 32.2. The molecule has 3 rings (SSSR count). The predicted molar refractivity (Wildman–Crippen MR) is 125 cm³/mol. The van der Waals surface area contributed by atoms with E-state index in [1.54, 1.807) is 12.1 Å². The molecule has 1 fully saturated rings. The van der Waals surface area contributed by atoms with Gasteiger partial charge in [0, 0.05) is 24.8 Å². The SMILES string of the molecule is Cc1cc(S(=O)(=O)N2CCCC[C@H]2CCNC(=O)C(=O)Nc2cccc(C)c2C)ccc1F. The van der Waals surface area contributed by atoms with E-state index < -0.39 is 27.7 Å². The second kappa shape index (κ2) is 10.4. The molecule has 1 heterocycles. The minimum absolute atomic E-state index is 0.0604. The number of halogens is 1. The minimum Gasteiger partial charge on any atom is -0.348 e. The first-order valence-corrected chi connectivity index (χ1v) is 12.5. The van der Waals surface area contributed by atoms with Gasteiger partial charge in [-0.3, -0.25) is 9.59 Å². The number of carbonyl (C=O) groups excluding carboxylic acids is 2. The van der Waals surface area contributed by atoms with E-state index in [1.165, 1.54) is 23.4 Å². The van der Waals surface area contributed by atoms with E-state index in [-0.39, 0.29) is 23.0 Å². The van der Waals surface area contributed by atoms with Crippen LogP contribution in [0.25, 0.3) is 0 Å². The van der Waals surface area contributed by atoms with Crippen LogP contribution in [0, 0.1) is 26.6 Å². The van der Waals surface area contributed by atoms with Crippen LogP contribution >= 0.6 is 0 Å². The molecule has 0 aliphatic carbocycles. The summed E-state index contributed by atoms with van der Waals surface area (Å²) in [5.41, 5.74) is 2.74. The highest BCUT2D eigenvalue weighted by Gasteiger charge is 2.33. The van der Waals surface area contributed by atoms with E-state index in [0.717, 1.165) is 30.0 Å². The number of aryl methyl sites for hydroxylation is 2. The lowest BCUT2D eigenvalue weighted by molar-refractivity contribution is -0.136. The molecule has 0 radical (unpaired) electrons. The molecular weight excluding hydrogens is 445 g/mol. The first-order valence-electron chi connectivity index (χ1n) is 11.0. The number of benzene rings is 2. The summed E-state index contributed by atoms with van der Waals surface area (Å²) in [4.78, 5) is 24.6. The molecule has 7 nitrogen and oxygen atoms in total. The minimum atomic E-state index is -3.79. The molecule has 178 valence electrons. The number of hydrogen-bond donors (Lipinski definition) is 2. The van der Waals surface area contributed by atoms with Gasteiger partial charge in [-0.1, -0.05) is 18.6 Å². The van der Waals surface area contributed by atoms with Crippen molar-refractivity contribution in [2.45, 2.75) is 57.4 Å². The lowest BCUT2D eigenvalue weighted by atomic mass is 10.0. The second-order valence-electron chi connectivity index (χ2n) is 8.42. The first kappa shape index (κ1) is 24.9. The number of nitrogens with one attached hydrogen (secondary N) is 2. The van der Waals surface area contributed by atoms with Gasteiger partial charge in [-0.25, -0.2) is 12.8 Å². The average Bonchev–Trinajstić information content (AvgIpc) is 2.78. The molecular formula is C24H30FN3O4S. The van der Waals surface area contributed by atoms with Crippen LogP contribution in [-0.2, 0) is 19.6 Å². The maximum atomic E-state index is 13.6. The molecule has 1 atom stereocenters. The van der Waals surface area contributed by atoms with Crippen molar-refractivity contribution in [3.05, 3.63) is 58.9 Å². The van der Waals surface area contributed by atoms with Gasteiger partial charge in [0.2, 0.25) is 10.0 Å². The molecule has 2 aromatic carbocycles. The maximum absolute atomic E-state index is 13.6. The zero-order chi connectivity index (χ0) is 24.2. The van der Waals surface area contributed by atoms with Gasteiger partial charge >= 0.3 is 11.8 Å². The third-order valence-corrected chi connectivity index (χ3v) is 8.08. The van der Waals surface area contributed by atoms with Gasteiger partial charge in [0.1, 0.15) is 5.82 Å². The van der Waals surface area contributed by atoms with Crippen LogP contribution in [-0.4, -0.2) is 43.7 Å². The molecule has 2 aromatic rings. The fraction of sp³-hybridized carbons (Fsp3) is 0.417. The molecule has 1 aliphatic heterocycles. The van der Waals surface area contributed by atoms with Crippen LogP contribution in [0.2, 0.25) is 0 Å². The lowest BCUT2D eigenvalue weighted by Crippen LogP contribution is -2.45. The smallest absolute Gasteiger partial charge is 0.313 e. The largest absolute Gasteiger partial charge is 0.348 e. The van der Waals surface area contributed by atoms with E-state index in [2.05, 4.69) is 10.6 Å². The summed E-state index contributed by atoms with van der Waals surface area (Å²) in [5, 5.41) is 5.21. The molecule has 1 aliphatic rings. The first-order chi connectivity index (χ1) is 15.6. The number of sulfonamides is 1. The van der Waals surface area contributed by atoms with Crippen molar-refractivity contribution >= 4 is 27.5 Å². The van der Waals surface area contributed by atoms with Crippen LogP contribution in [0.4, 0.5) is 10.1 Å². The van der Waals surface area contributed by atoms with E-state index in [1.807, 2.05) is 19.9 Å². The summed E-state index contributed by atoms with van der Waals surface area (Å²) in [6, 6.07) is 8.93. The van der Waals surface area contributed by atoms with Gasteiger partial charge in [-0.05, 0) is 81.0 Å². The summed E-state index contributed by atoms with van der Waals surface area (Å²) < 4.78 is 41.4. The zero-order valence-corrected chi connectivity index (χ0v) is 20.0. The van der Waals surface area contributed by atoms with Crippen LogP contribution < -0.4 is 10.6 Å². The van der Waals surface area contributed by atoms with Gasteiger partial charge < -0.3 is 10.6 Å². The summed E-state index contributed by atoms with van der Waals surface area (Å²) in [6.45, 7) is 5.84. The van der Waals surface area contributed by atoms with Gasteiger partial charge in [-0.2, -0.15) is 4.31 Å². The zero-order valence-electron chi connectivity index (χ0n) is 19.2. The molecule has 33 heavy (non-hydrogen) atoms. The van der Waals surface area contributed by atoms with Gasteiger partial charge in [0.05, 0.1) is 4.90 Å². The molecule has 0 aromatic heterocycles. The van der Waals surface area contributed by atoms with Crippen molar-refractivity contribution < 1.29 is 22.4 Å². The quantitative estimate of drug-likeness (QED) is 0.626. The van der Waals surface area contributed by atoms with Crippen LogP contribution in [0.3, 0.4) is 0 Å². The summed E-state index contributed by atoms with van der Waals surface area (Å²) in [7, 11) is -3.79. The van der Waals surface area contributed by atoms with E-state index in [4.69, 9.17) is 0 Å². The standard InChI is InChI=1S/C24H30FN3O4S/c1-16-7-6-9-22(18(16)3)27-24(30)23(29)26-13-12-19-8-4-5-14-28(19)33(31,32)20-10-11-21(25)17(2)15-20/h6-7,9-11,15,19H,4-5,8,12-14H2,1-3H3,(H,26,29)(H,27,30)/t19-/m0/s1. The fourth-order valence-electron chi connectivity index (χ4n) is 3.99. The highest BCUT2D eigenvalue weighted by Crippen LogP contribution is 2.28. The van der Waals surface area contributed by atoms with Crippen molar-refractivity contribution in [3.8, 4) is 0 Å². The number of hydrogen-bond acceptors (Lipinski definition) is 4. The van der Waals surface area contributed by atoms with Crippen molar-refractivity contribution in [2.24, 2.45) is 0 Å². The molecule has 2 N–H and O–H groups in total. The number of rotatable bonds is 6. The topological polar surface area (TPSA) is 95.6 Å². The molecule has 1 saturated heterocycles. The van der Waals surface area contributed by atoms with Gasteiger partial charge in [0.25, 0.3) is 0 Å². The molecule has 0 saturated carbocycles. The summed E-state index contributed by atoms with van der Waals surface area (Å²) >= 11 is 0. The normalized spacial score (nSPS) is 16.9. The molecule has 9 heteroatoms. The molecule has 0 unspecified atom stereocenters. The number of nitrogens with zero attached hydrogens (tertiary/aromatic N) is 1. The van der Waals surface area contributed by atoms with Crippen molar-refractivity contribution in [1.82, 2.24) is 9.62 Å². The Kier molecular flexibility index (Phi) is 7.86. The number of anilines is 1. The van der Waals surface area contributed by atoms with Crippen molar-refractivity contribution in [2.75, 3.05) is 18.4 Å². The molecule has 0 spiro atoms. The molecule has 0 bridgehead atoms. The Balaban J connectivity index is 1.61. The number of amides is 2. The van der Waals surface area contributed by atoms with E-state index in [9.17, 15) is 22.4 Å². The van der Waals surface area contributed by atoms with Crippen LogP contribution in [0.1, 0.15) is 42.4 Å². The summed E-state index contributed by atoms with van der Waals surface area (Å²) in [5.74, 6) is -1.99. The Hall–Kier alpha value is -2.78. The Morgan fingerprint density at radius 3 is 2.55 bits per heavy atom.